The summed E-state index contributed by atoms with van der Waals surface area (Å²) in [5.74, 6) is -0.130. The lowest BCUT2D eigenvalue weighted by Gasteiger charge is -2.27. The average molecular weight is 351 g/mol. The van der Waals surface area contributed by atoms with E-state index in [1.165, 1.54) is 29.4 Å². The molecule has 1 unspecified atom stereocenters. The minimum Gasteiger partial charge on any atom is -0.349 e. The van der Waals surface area contributed by atoms with Gasteiger partial charge < -0.3 is 10.6 Å². The van der Waals surface area contributed by atoms with Crippen molar-refractivity contribution >= 4 is 35.4 Å². The molecule has 4 nitrogen and oxygen atoms in total. The van der Waals surface area contributed by atoms with Crippen molar-refractivity contribution in [1.82, 2.24) is 10.6 Å². The Kier molecular flexibility index (Phi) is 5.93. The third kappa shape index (κ3) is 3.99. The van der Waals surface area contributed by atoms with Crippen LogP contribution >= 0.6 is 23.7 Å². The quantitative estimate of drug-likeness (QED) is 0.833. The number of hydrogen-bond acceptors (Lipinski definition) is 4. The van der Waals surface area contributed by atoms with Gasteiger partial charge in [-0.3, -0.25) is 9.59 Å². The first-order chi connectivity index (χ1) is 10.6. The maximum Gasteiger partial charge on any atom is 0.261 e. The molecule has 2 heterocycles. The molecule has 0 spiro atoms. The molecule has 0 saturated heterocycles. The van der Waals surface area contributed by atoms with E-state index < -0.39 is 0 Å². The van der Waals surface area contributed by atoms with Crippen LogP contribution < -0.4 is 10.6 Å². The Bertz CT molecular complexity index is 714. The number of Topliss-reactive ketones (excluding diaryl/α,β-unsaturated/α-hetero) is 1. The molecule has 0 fully saturated rings. The fourth-order valence-corrected chi connectivity index (χ4v) is 3.52. The van der Waals surface area contributed by atoms with E-state index in [4.69, 9.17) is 0 Å². The van der Waals surface area contributed by atoms with Crippen molar-refractivity contribution in [2.45, 2.75) is 19.4 Å². The lowest BCUT2D eigenvalue weighted by atomic mass is 9.94. The molecule has 3 rings (SSSR count). The lowest BCUT2D eigenvalue weighted by Crippen LogP contribution is -2.38. The zero-order valence-electron chi connectivity index (χ0n) is 12.8. The molecule has 2 aromatic rings. The van der Waals surface area contributed by atoms with Gasteiger partial charge in [-0.2, -0.15) is 0 Å². The number of nitrogens with one attached hydrogen (secondary N) is 2. The Hall–Kier alpha value is -1.69. The van der Waals surface area contributed by atoms with Crippen LogP contribution in [-0.4, -0.2) is 24.8 Å². The largest absolute Gasteiger partial charge is 0.349 e. The van der Waals surface area contributed by atoms with Crippen LogP contribution in [0, 0.1) is 0 Å². The van der Waals surface area contributed by atoms with E-state index in [1.807, 2.05) is 6.07 Å². The molecule has 1 aromatic carbocycles. The second kappa shape index (κ2) is 7.73. The van der Waals surface area contributed by atoms with Crippen LogP contribution in [0.4, 0.5) is 0 Å². The van der Waals surface area contributed by atoms with Gasteiger partial charge in [-0.15, -0.1) is 23.7 Å². The van der Waals surface area contributed by atoms with Crippen LogP contribution in [0.3, 0.4) is 0 Å². The Morgan fingerprint density at radius 2 is 1.96 bits per heavy atom. The Morgan fingerprint density at radius 1 is 1.22 bits per heavy atom. The van der Waals surface area contributed by atoms with Gasteiger partial charge in [0.25, 0.3) is 5.91 Å². The molecule has 1 aromatic heterocycles. The van der Waals surface area contributed by atoms with Crippen LogP contribution in [0.2, 0.25) is 0 Å². The van der Waals surface area contributed by atoms with Crippen LogP contribution in [0.25, 0.3) is 0 Å². The summed E-state index contributed by atoms with van der Waals surface area (Å²) in [6.45, 7) is 2.98. The summed E-state index contributed by atoms with van der Waals surface area (Å²) in [5.41, 5.74) is 2.60. The topological polar surface area (TPSA) is 58.2 Å². The number of carbonyl (C=O) groups excluding carboxylic acids is 2. The van der Waals surface area contributed by atoms with Crippen molar-refractivity contribution < 1.29 is 9.59 Å². The van der Waals surface area contributed by atoms with Gasteiger partial charge in [0.05, 0.1) is 9.75 Å². The molecule has 122 valence electrons. The van der Waals surface area contributed by atoms with E-state index in [-0.39, 0.29) is 30.1 Å². The van der Waals surface area contributed by atoms with Crippen LogP contribution in [0.15, 0.2) is 36.4 Å². The molecule has 0 radical (unpaired) electrons. The Balaban J connectivity index is 0.00000192. The first kappa shape index (κ1) is 17.7. The molecular weight excluding hydrogens is 332 g/mol. The fraction of sp³-hybridized carbons (Fsp3) is 0.294. The summed E-state index contributed by atoms with van der Waals surface area (Å²) in [5, 5.41) is 6.40. The predicted molar refractivity (Wildman–Crippen MR) is 94.8 cm³/mol. The Morgan fingerprint density at radius 3 is 2.70 bits per heavy atom. The standard InChI is InChI=1S/C17H18N2O2S.ClH/c1-11(20)15-6-7-16(22-15)17(21)19-10-14-13-5-3-2-4-12(13)8-9-18-14;/h2-7,14,18H,8-10H2,1H3,(H,19,21);1H. The van der Waals surface area contributed by atoms with Crippen LogP contribution in [-0.2, 0) is 6.42 Å². The molecular formula is C17H19ClN2O2S. The summed E-state index contributed by atoms with van der Waals surface area (Å²) in [7, 11) is 0. The van der Waals surface area contributed by atoms with Gasteiger partial charge in [-0.05, 0) is 43.1 Å². The van der Waals surface area contributed by atoms with E-state index in [2.05, 4.69) is 28.8 Å². The average Bonchev–Trinajstić information content (AvgIpc) is 3.03. The minimum absolute atomic E-state index is 0. The normalized spacial score (nSPS) is 16.1. The highest BCUT2D eigenvalue weighted by Gasteiger charge is 2.20. The first-order valence-corrected chi connectivity index (χ1v) is 8.17. The molecule has 6 heteroatoms. The van der Waals surface area contributed by atoms with E-state index in [9.17, 15) is 9.59 Å². The van der Waals surface area contributed by atoms with Gasteiger partial charge in [-0.1, -0.05) is 24.3 Å². The van der Waals surface area contributed by atoms with Crippen molar-refractivity contribution in [3.05, 3.63) is 57.3 Å². The highest BCUT2D eigenvalue weighted by Crippen LogP contribution is 2.22. The molecule has 1 aliphatic heterocycles. The number of carbonyl (C=O) groups is 2. The number of benzene rings is 1. The number of thiophene rings is 1. The van der Waals surface area contributed by atoms with Crippen molar-refractivity contribution in [3.63, 3.8) is 0 Å². The molecule has 1 aliphatic rings. The molecule has 1 amide bonds. The van der Waals surface area contributed by atoms with Crippen molar-refractivity contribution in [2.24, 2.45) is 0 Å². The first-order valence-electron chi connectivity index (χ1n) is 7.35. The van der Waals surface area contributed by atoms with Crippen molar-refractivity contribution in [3.8, 4) is 0 Å². The van der Waals surface area contributed by atoms with E-state index in [1.54, 1.807) is 12.1 Å². The SMILES string of the molecule is CC(=O)c1ccc(C(=O)NCC2NCCc3ccccc32)s1.Cl. The van der Waals surface area contributed by atoms with Gasteiger partial charge in [0, 0.05) is 12.6 Å². The molecule has 0 saturated carbocycles. The van der Waals surface area contributed by atoms with Gasteiger partial charge in [0.2, 0.25) is 0 Å². The highest BCUT2D eigenvalue weighted by molar-refractivity contribution is 7.15. The second-order valence-corrected chi connectivity index (χ2v) is 6.47. The van der Waals surface area contributed by atoms with Crippen LogP contribution in [0.1, 0.15) is 43.4 Å². The maximum atomic E-state index is 12.2. The third-order valence-corrected chi connectivity index (χ3v) is 5.04. The van der Waals surface area contributed by atoms with Gasteiger partial charge in [0.1, 0.15) is 0 Å². The minimum atomic E-state index is -0.123. The van der Waals surface area contributed by atoms with E-state index in [0.717, 1.165) is 13.0 Å². The van der Waals surface area contributed by atoms with Gasteiger partial charge in [0.15, 0.2) is 5.78 Å². The second-order valence-electron chi connectivity index (χ2n) is 5.39. The van der Waals surface area contributed by atoms with Crippen molar-refractivity contribution in [1.29, 1.82) is 0 Å². The van der Waals surface area contributed by atoms with E-state index >= 15 is 0 Å². The number of amides is 1. The predicted octanol–water partition coefficient (Wildman–Crippen LogP) is 2.99. The van der Waals surface area contributed by atoms with Gasteiger partial charge in [-0.25, -0.2) is 0 Å². The molecule has 0 aliphatic carbocycles. The lowest BCUT2D eigenvalue weighted by molar-refractivity contribution is 0.0952. The maximum absolute atomic E-state index is 12.2. The third-order valence-electron chi connectivity index (χ3n) is 3.86. The summed E-state index contributed by atoms with van der Waals surface area (Å²) >= 11 is 1.24. The smallest absolute Gasteiger partial charge is 0.261 e. The molecule has 0 bridgehead atoms. The zero-order valence-corrected chi connectivity index (χ0v) is 14.4. The molecule has 1 atom stereocenters. The number of fused-ring (bicyclic) bond motifs is 1. The highest BCUT2D eigenvalue weighted by atomic mass is 35.5. The Labute approximate surface area is 145 Å². The number of halogens is 1. The summed E-state index contributed by atoms with van der Waals surface area (Å²) < 4.78 is 0. The van der Waals surface area contributed by atoms with E-state index in [0.29, 0.717) is 16.3 Å². The number of hydrogen-bond donors (Lipinski definition) is 2. The van der Waals surface area contributed by atoms with Crippen LogP contribution in [0.5, 0.6) is 0 Å². The van der Waals surface area contributed by atoms with Gasteiger partial charge >= 0.3 is 0 Å². The summed E-state index contributed by atoms with van der Waals surface area (Å²) in [6.07, 6.45) is 1.02. The van der Waals surface area contributed by atoms with Crippen molar-refractivity contribution in [2.75, 3.05) is 13.1 Å². The zero-order chi connectivity index (χ0) is 15.5. The fourth-order valence-electron chi connectivity index (χ4n) is 2.71. The monoisotopic (exact) mass is 350 g/mol. The summed E-state index contributed by atoms with van der Waals surface area (Å²) in [6, 6.07) is 11.9. The molecule has 2 N–H and O–H groups in total. The molecule has 23 heavy (non-hydrogen) atoms. The summed E-state index contributed by atoms with van der Waals surface area (Å²) in [4.78, 5) is 24.7. The number of rotatable bonds is 4. The number of ketones is 1.